The summed E-state index contributed by atoms with van der Waals surface area (Å²) in [6.45, 7) is 6.65. The number of nitrogens with one attached hydrogen (secondary N) is 1. The molecule has 140 valence electrons. The first-order chi connectivity index (χ1) is 12.4. The fourth-order valence-corrected chi connectivity index (χ4v) is 2.36. The molecule has 0 bridgehead atoms. The molecule has 0 saturated carbocycles. The van der Waals surface area contributed by atoms with Crippen molar-refractivity contribution in [1.82, 2.24) is 4.90 Å². The minimum absolute atomic E-state index is 0.0462. The molecule has 0 aliphatic rings. The predicted octanol–water partition coefficient (Wildman–Crippen LogP) is 4.68. The number of carbonyl (C=O) groups is 1. The molecular formula is C20H25FN2O3. The number of carbonyl (C=O) groups excluding carboxylic acids is 1. The van der Waals surface area contributed by atoms with E-state index in [0.29, 0.717) is 18.9 Å². The summed E-state index contributed by atoms with van der Waals surface area (Å²) < 4.78 is 25.0. The lowest BCUT2D eigenvalue weighted by atomic mass is 10.2. The Morgan fingerprint density at radius 1 is 1.15 bits per heavy atom. The summed E-state index contributed by atoms with van der Waals surface area (Å²) in [6, 6.07) is 11.5. The molecule has 0 radical (unpaired) electrons. The maximum Gasteiger partial charge on any atom is 0.321 e. The molecule has 0 aromatic heterocycles. The van der Waals surface area contributed by atoms with E-state index in [9.17, 15) is 9.18 Å². The summed E-state index contributed by atoms with van der Waals surface area (Å²) >= 11 is 0. The van der Waals surface area contributed by atoms with Crippen LogP contribution in [0.15, 0.2) is 42.5 Å². The summed E-state index contributed by atoms with van der Waals surface area (Å²) in [5, 5.41) is 2.57. The quantitative estimate of drug-likeness (QED) is 0.780. The number of amides is 2. The molecule has 6 heteroatoms. The number of nitrogens with zero attached hydrogens (tertiary/aromatic N) is 1. The number of urea groups is 1. The molecule has 2 rings (SSSR count). The van der Waals surface area contributed by atoms with Crippen LogP contribution in [-0.2, 0) is 6.54 Å². The first kappa shape index (κ1) is 19.6. The van der Waals surface area contributed by atoms with Crippen LogP contribution in [0.3, 0.4) is 0 Å². The van der Waals surface area contributed by atoms with Gasteiger partial charge in [0.2, 0.25) is 0 Å². The zero-order chi connectivity index (χ0) is 19.1. The van der Waals surface area contributed by atoms with Crippen LogP contribution in [0.25, 0.3) is 0 Å². The third-order valence-corrected chi connectivity index (χ3v) is 3.55. The molecule has 0 spiro atoms. The molecule has 2 aromatic carbocycles. The first-order valence-electron chi connectivity index (χ1n) is 8.59. The van der Waals surface area contributed by atoms with Gasteiger partial charge in [0.05, 0.1) is 18.4 Å². The number of rotatable bonds is 7. The van der Waals surface area contributed by atoms with E-state index in [4.69, 9.17) is 9.47 Å². The second kappa shape index (κ2) is 9.08. The Hall–Kier alpha value is -2.76. The fourth-order valence-electron chi connectivity index (χ4n) is 2.36. The summed E-state index contributed by atoms with van der Waals surface area (Å²) in [6.07, 6.45) is -0.0462. The second-order valence-corrected chi connectivity index (χ2v) is 6.17. The van der Waals surface area contributed by atoms with Gasteiger partial charge < -0.3 is 19.7 Å². The van der Waals surface area contributed by atoms with Crippen LogP contribution in [0.4, 0.5) is 14.9 Å². The summed E-state index contributed by atoms with van der Waals surface area (Å²) in [5.74, 6) is 0.679. The maximum absolute atomic E-state index is 14.1. The molecule has 0 unspecified atom stereocenters. The Morgan fingerprint density at radius 2 is 1.81 bits per heavy atom. The van der Waals surface area contributed by atoms with Gasteiger partial charge in [0.1, 0.15) is 17.3 Å². The van der Waals surface area contributed by atoms with Crippen LogP contribution < -0.4 is 14.8 Å². The Labute approximate surface area is 153 Å². The molecule has 0 fully saturated rings. The fraction of sp³-hybridized carbons (Fsp3) is 0.350. The third kappa shape index (κ3) is 5.65. The number of halogens is 1. The van der Waals surface area contributed by atoms with Crippen molar-refractivity contribution in [2.45, 2.75) is 33.4 Å². The number of benzene rings is 2. The van der Waals surface area contributed by atoms with E-state index < -0.39 is 11.8 Å². The number of anilines is 1. The molecule has 0 atom stereocenters. The van der Waals surface area contributed by atoms with Crippen molar-refractivity contribution in [2.75, 3.05) is 19.0 Å². The van der Waals surface area contributed by atoms with Gasteiger partial charge in [-0.1, -0.05) is 12.1 Å². The van der Waals surface area contributed by atoms with E-state index >= 15 is 0 Å². The van der Waals surface area contributed by atoms with Gasteiger partial charge in [-0.2, -0.15) is 0 Å². The zero-order valence-corrected chi connectivity index (χ0v) is 15.6. The van der Waals surface area contributed by atoms with E-state index in [1.165, 1.54) is 17.0 Å². The lowest BCUT2D eigenvalue weighted by molar-refractivity contribution is 0.220. The Kier molecular flexibility index (Phi) is 6.83. The molecular weight excluding hydrogens is 335 g/mol. The molecule has 0 heterocycles. The lowest BCUT2D eigenvalue weighted by Crippen LogP contribution is -2.31. The van der Waals surface area contributed by atoms with Gasteiger partial charge in [-0.25, -0.2) is 9.18 Å². The van der Waals surface area contributed by atoms with Gasteiger partial charge in [0.15, 0.2) is 0 Å². The summed E-state index contributed by atoms with van der Waals surface area (Å²) in [4.78, 5) is 13.8. The molecule has 2 aromatic rings. The van der Waals surface area contributed by atoms with Gasteiger partial charge in [-0.15, -0.1) is 0 Å². The number of hydrogen-bond acceptors (Lipinski definition) is 3. The molecule has 1 N–H and O–H groups in total. The normalized spacial score (nSPS) is 10.5. The van der Waals surface area contributed by atoms with Crippen LogP contribution in [0.5, 0.6) is 11.5 Å². The third-order valence-electron chi connectivity index (χ3n) is 3.55. The topological polar surface area (TPSA) is 50.8 Å². The van der Waals surface area contributed by atoms with E-state index in [1.807, 2.05) is 45.0 Å². The number of hydrogen-bond donors (Lipinski definition) is 1. The predicted molar refractivity (Wildman–Crippen MR) is 100 cm³/mol. The Bertz CT molecular complexity index is 732. The average Bonchev–Trinajstić information content (AvgIpc) is 2.58. The van der Waals surface area contributed by atoms with Gasteiger partial charge >= 0.3 is 6.03 Å². The van der Waals surface area contributed by atoms with E-state index in [0.717, 1.165) is 11.3 Å². The minimum atomic E-state index is -0.536. The molecule has 2 amide bonds. The van der Waals surface area contributed by atoms with Gasteiger partial charge in [-0.05, 0) is 50.6 Å². The summed E-state index contributed by atoms with van der Waals surface area (Å²) in [5.41, 5.74) is 1.07. The smallest absolute Gasteiger partial charge is 0.321 e. The van der Waals surface area contributed by atoms with Gasteiger partial charge in [0, 0.05) is 19.7 Å². The SMILES string of the molecule is CCOc1ccc(CN(C)C(=O)Nc2ccc(OC(C)C)cc2F)cc1. The first-order valence-corrected chi connectivity index (χ1v) is 8.59. The largest absolute Gasteiger partial charge is 0.494 e. The summed E-state index contributed by atoms with van der Waals surface area (Å²) in [7, 11) is 1.65. The van der Waals surface area contributed by atoms with Gasteiger partial charge in [0.25, 0.3) is 0 Å². The highest BCUT2D eigenvalue weighted by Crippen LogP contribution is 2.22. The Balaban J connectivity index is 1.96. The van der Waals surface area contributed by atoms with Crippen molar-refractivity contribution in [3.8, 4) is 11.5 Å². The lowest BCUT2D eigenvalue weighted by Gasteiger charge is -2.19. The molecule has 26 heavy (non-hydrogen) atoms. The van der Waals surface area contributed by atoms with Crippen molar-refractivity contribution in [2.24, 2.45) is 0 Å². The van der Waals surface area contributed by atoms with Crippen molar-refractivity contribution in [3.63, 3.8) is 0 Å². The van der Waals surface area contributed by atoms with Crippen molar-refractivity contribution in [1.29, 1.82) is 0 Å². The molecule has 0 saturated heterocycles. The monoisotopic (exact) mass is 360 g/mol. The molecule has 0 aliphatic carbocycles. The van der Waals surface area contributed by atoms with E-state index in [-0.39, 0.29) is 11.8 Å². The van der Waals surface area contributed by atoms with Crippen molar-refractivity contribution in [3.05, 3.63) is 53.8 Å². The second-order valence-electron chi connectivity index (χ2n) is 6.17. The Morgan fingerprint density at radius 3 is 2.38 bits per heavy atom. The van der Waals surface area contributed by atoms with Crippen molar-refractivity contribution < 1.29 is 18.7 Å². The highest BCUT2D eigenvalue weighted by molar-refractivity contribution is 5.89. The van der Waals surface area contributed by atoms with Crippen LogP contribution >= 0.6 is 0 Å². The maximum atomic E-state index is 14.1. The molecule has 5 nitrogen and oxygen atoms in total. The van der Waals surface area contributed by atoms with E-state index in [1.54, 1.807) is 13.1 Å². The van der Waals surface area contributed by atoms with Crippen LogP contribution in [0.1, 0.15) is 26.3 Å². The van der Waals surface area contributed by atoms with E-state index in [2.05, 4.69) is 5.32 Å². The van der Waals surface area contributed by atoms with Crippen LogP contribution in [0.2, 0.25) is 0 Å². The highest BCUT2D eigenvalue weighted by atomic mass is 19.1. The van der Waals surface area contributed by atoms with Crippen LogP contribution in [-0.4, -0.2) is 30.7 Å². The molecule has 0 aliphatic heterocycles. The average molecular weight is 360 g/mol. The number of ether oxygens (including phenoxy) is 2. The van der Waals surface area contributed by atoms with Gasteiger partial charge in [-0.3, -0.25) is 0 Å². The minimum Gasteiger partial charge on any atom is -0.494 e. The van der Waals surface area contributed by atoms with Crippen molar-refractivity contribution >= 4 is 11.7 Å². The van der Waals surface area contributed by atoms with Crippen LogP contribution in [0, 0.1) is 5.82 Å². The standard InChI is InChI=1S/C20H25FN2O3/c1-5-25-16-8-6-15(7-9-16)13-23(4)20(24)22-19-11-10-17(12-18(19)21)26-14(2)3/h6-12,14H,5,13H2,1-4H3,(H,22,24). The zero-order valence-electron chi connectivity index (χ0n) is 15.6. The highest BCUT2D eigenvalue weighted by Gasteiger charge is 2.13.